The summed E-state index contributed by atoms with van der Waals surface area (Å²) < 4.78 is 5.26. The standard InChI is InChI=1S/C23H34ClNO3/c1-5-28-20(27)12-14-6-7-16-15-13-18(24)21-23(3,11-9-19(26)25(21)4)17(15)8-10-22(14,16)2/h14-17H,5-13H2,1-4H3. The number of amides is 1. The third-order valence-electron chi connectivity index (χ3n) is 8.95. The van der Waals surface area contributed by atoms with E-state index in [9.17, 15) is 9.59 Å². The van der Waals surface area contributed by atoms with Gasteiger partial charge in [-0.2, -0.15) is 0 Å². The summed E-state index contributed by atoms with van der Waals surface area (Å²) in [6, 6.07) is 0. The fourth-order valence-corrected chi connectivity index (χ4v) is 8.07. The van der Waals surface area contributed by atoms with E-state index in [0.29, 0.717) is 43.1 Å². The Balaban J connectivity index is 1.62. The highest BCUT2D eigenvalue weighted by atomic mass is 35.5. The normalized spacial score (nSPS) is 42.8. The minimum atomic E-state index is -0.0419. The molecule has 1 saturated heterocycles. The maximum absolute atomic E-state index is 12.3. The second kappa shape index (κ2) is 7.04. The molecule has 6 unspecified atom stereocenters. The number of allylic oxidation sites excluding steroid dienone is 2. The van der Waals surface area contributed by atoms with Crippen LogP contribution in [0.1, 0.15) is 72.1 Å². The van der Waals surface area contributed by atoms with E-state index in [4.69, 9.17) is 16.3 Å². The fraction of sp³-hybridized carbons (Fsp3) is 0.826. The highest BCUT2D eigenvalue weighted by Gasteiger charge is 2.60. The van der Waals surface area contributed by atoms with Crippen molar-refractivity contribution in [1.82, 2.24) is 4.90 Å². The Labute approximate surface area is 174 Å². The Kier molecular flexibility index (Phi) is 5.09. The molecule has 0 radical (unpaired) electrons. The largest absolute Gasteiger partial charge is 0.466 e. The zero-order valence-electron chi connectivity index (χ0n) is 17.7. The van der Waals surface area contributed by atoms with Crippen molar-refractivity contribution in [3.05, 3.63) is 10.7 Å². The lowest BCUT2D eigenvalue weighted by molar-refractivity contribution is -0.146. The number of esters is 1. The molecule has 0 aromatic carbocycles. The van der Waals surface area contributed by atoms with E-state index in [1.165, 1.54) is 19.3 Å². The van der Waals surface area contributed by atoms with Gasteiger partial charge in [0, 0.05) is 36.0 Å². The first kappa shape index (κ1) is 20.3. The van der Waals surface area contributed by atoms with E-state index in [2.05, 4.69) is 13.8 Å². The van der Waals surface area contributed by atoms with Gasteiger partial charge in [0.05, 0.1) is 6.61 Å². The van der Waals surface area contributed by atoms with Crippen molar-refractivity contribution < 1.29 is 14.3 Å². The molecule has 4 rings (SSSR count). The number of halogens is 1. The average molecular weight is 408 g/mol. The van der Waals surface area contributed by atoms with Crippen LogP contribution in [0.3, 0.4) is 0 Å². The van der Waals surface area contributed by atoms with E-state index in [-0.39, 0.29) is 22.7 Å². The van der Waals surface area contributed by atoms with Crippen LogP contribution < -0.4 is 0 Å². The molecule has 0 N–H and O–H groups in total. The number of carbonyl (C=O) groups is 2. The Bertz CT molecular complexity index is 719. The first-order valence-electron chi connectivity index (χ1n) is 11.0. The molecule has 0 aromatic heterocycles. The highest BCUT2D eigenvalue weighted by Crippen LogP contribution is 2.67. The number of rotatable bonds is 3. The molecule has 1 aliphatic heterocycles. The molecule has 0 bridgehead atoms. The molecular formula is C23H34ClNO3. The van der Waals surface area contributed by atoms with Crippen molar-refractivity contribution in [2.24, 2.45) is 34.5 Å². The number of piperidine rings is 1. The second-order valence-corrected chi connectivity index (χ2v) is 10.5. The molecule has 0 aromatic rings. The van der Waals surface area contributed by atoms with Gasteiger partial charge in [-0.15, -0.1) is 0 Å². The summed E-state index contributed by atoms with van der Waals surface area (Å²) in [6.45, 7) is 7.10. The van der Waals surface area contributed by atoms with Crippen LogP contribution in [-0.2, 0) is 14.3 Å². The molecule has 3 fully saturated rings. The molecule has 6 atom stereocenters. The summed E-state index contributed by atoms with van der Waals surface area (Å²) in [4.78, 5) is 26.3. The predicted octanol–water partition coefficient (Wildman–Crippen LogP) is 5.11. The van der Waals surface area contributed by atoms with Crippen LogP contribution in [0.2, 0.25) is 0 Å². The molecule has 4 aliphatic rings. The molecule has 3 aliphatic carbocycles. The van der Waals surface area contributed by atoms with Crippen molar-refractivity contribution in [2.75, 3.05) is 13.7 Å². The number of fused-ring (bicyclic) bond motifs is 5. The van der Waals surface area contributed by atoms with Crippen molar-refractivity contribution >= 4 is 23.5 Å². The topological polar surface area (TPSA) is 46.6 Å². The molecule has 1 heterocycles. The lowest BCUT2D eigenvalue weighted by Crippen LogP contribution is -2.54. The highest BCUT2D eigenvalue weighted by molar-refractivity contribution is 6.30. The maximum Gasteiger partial charge on any atom is 0.306 e. The summed E-state index contributed by atoms with van der Waals surface area (Å²) >= 11 is 6.87. The van der Waals surface area contributed by atoms with Crippen LogP contribution in [0.25, 0.3) is 0 Å². The van der Waals surface area contributed by atoms with Crippen LogP contribution in [-0.4, -0.2) is 30.4 Å². The Morgan fingerprint density at radius 1 is 1.21 bits per heavy atom. The summed E-state index contributed by atoms with van der Waals surface area (Å²) in [5.74, 6) is 2.33. The van der Waals surface area contributed by atoms with Gasteiger partial charge in [-0.1, -0.05) is 25.4 Å². The number of ether oxygens (including phenoxy) is 1. The van der Waals surface area contributed by atoms with E-state index >= 15 is 0 Å². The van der Waals surface area contributed by atoms with Gasteiger partial charge in [0.15, 0.2) is 0 Å². The van der Waals surface area contributed by atoms with E-state index in [0.717, 1.165) is 30.0 Å². The molecule has 2 saturated carbocycles. The van der Waals surface area contributed by atoms with Gasteiger partial charge >= 0.3 is 5.97 Å². The van der Waals surface area contributed by atoms with E-state index in [1.807, 2.05) is 18.9 Å². The first-order chi connectivity index (χ1) is 13.2. The fourth-order valence-electron chi connectivity index (χ4n) is 7.55. The van der Waals surface area contributed by atoms with Crippen molar-refractivity contribution in [3.8, 4) is 0 Å². The lowest BCUT2D eigenvalue weighted by Gasteiger charge is -2.59. The quantitative estimate of drug-likeness (QED) is 0.610. The Hall–Kier alpha value is -1.03. The SMILES string of the molecule is CCOC(=O)CC1CCC2C3CC(Cl)=C4N(C)C(=O)CCC4(C)C3CCC12C. The minimum Gasteiger partial charge on any atom is -0.466 e. The zero-order valence-corrected chi connectivity index (χ0v) is 18.5. The molecule has 1 amide bonds. The second-order valence-electron chi connectivity index (χ2n) is 10.0. The van der Waals surface area contributed by atoms with Gasteiger partial charge in [-0.3, -0.25) is 9.59 Å². The number of hydrogen-bond donors (Lipinski definition) is 0. The molecule has 0 spiro atoms. The van der Waals surface area contributed by atoms with Gasteiger partial charge in [0.25, 0.3) is 0 Å². The number of nitrogens with zero attached hydrogens (tertiary/aromatic N) is 1. The van der Waals surface area contributed by atoms with Gasteiger partial charge < -0.3 is 9.64 Å². The van der Waals surface area contributed by atoms with Gasteiger partial charge in [0.2, 0.25) is 5.91 Å². The van der Waals surface area contributed by atoms with Gasteiger partial charge in [0.1, 0.15) is 0 Å². The molecule has 5 heteroatoms. The third kappa shape index (κ3) is 2.85. The van der Waals surface area contributed by atoms with Crippen molar-refractivity contribution in [2.45, 2.75) is 72.1 Å². The number of hydrogen-bond acceptors (Lipinski definition) is 3. The molecule has 4 nitrogen and oxygen atoms in total. The van der Waals surface area contributed by atoms with E-state index in [1.54, 1.807) is 0 Å². The van der Waals surface area contributed by atoms with E-state index < -0.39 is 0 Å². The smallest absolute Gasteiger partial charge is 0.306 e. The van der Waals surface area contributed by atoms with Crippen molar-refractivity contribution in [1.29, 1.82) is 0 Å². The molecular weight excluding hydrogens is 374 g/mol. The summed E-state index contributed by atoms with van der Waals surface area (Å²) in [5, 5.41) is 0.900. The number of carbonyl (C=O) groups excluding carboxylic acids is 2. The average Bonchev–Trinajstić information content (AvgIpc) is 2.95. The summed E-state index contributed by atoms with van der Waals surface area (Å²) in [6.07, 6.45) is 7.63. The zero-order chi connectivity index (χ0) is 20.3. The minimum absolute atomic E-state index is 0.00319. The Morgan fingerprint density at radius 2 is 1.96 bits per heavy atom. The first-order valence-corrected chi connectivity index (χ1v) is 11.4. The van der Waals surface area contributed by atoms with Crippen LogP contribution in [0, 0.1) is 34.5 Å². The van der Waals surface area contributed by atoms with Gasteiger partial charge in [-0.05, 0) is 74.5 Å². The predicted molar refractivity (Wildman–Crippen MR) is 109 cm³/mol. The Morgan fingerprint density at radius 3 is 2.68 bits per heavy atom. The van der Waals surface area contributed by atoms with Gasteiger partial charge in [-0.25, -0.2) is 0 Å². The van der Waals surface area contributed by atoms with Crippen molar-refractivity contribution in [3.63, 3.8) is 0 Å². The number of likely N-dealkylation sites (tertiary alicyclic amines) is 1. The molecule has 28 heavy (non-hydrogen) atoms. The maximum atomic E-state index is 12.3. The van der Waals surface area contributed by atoms with Crippen LogP contribution in [0.4, 0.5) is 0 Å². The van der Waals surface area contributed by atoms with Crippen LogP contribution >= 0.6 is 11.6 Å². The van der Waals surface area contributed by atoms with Crippen LogP contribution in [0.15, 0.2) is 10.7 Å². The lowest BCUT2D eigenvalue weighted by atomic mass is 9.49. The summed E-state index contributed by atoms with van der Waals surface area (Å²) in [5.41, 5.74) is 1.30. The molecule has 156 valence electrons. The summed E-state index contributed by atoms with van der Waals surface area (Å²) in [7, 11) is 1.90. The third-order valence-corrected chi connectivity index (χ3v) is 9.28. The van der Waals surface area contributed by atoms with Crippen LogP contribution in [0.5, 0.6) is 0 Å². The monoisotopic (exact) mass is 407 g/mol.